The highest BCUT2D eigenvalue weighted by Crippen LogP contribution is 2.17. The highest BCUT2D eigenvalue weighted by atomic mass is 16.5. The van der Waals surface area contributed by atoms with Gasteiger partial charge in [-0.2, -0.15) is 0 Å². The summed E-state index contributed by atoms with van der Waals surface area (Å²) < 4.78 is 5.01. The fourth-order valence-corrected chi connectivity index (χ4v) is 1.29. The Morgan fingerprint density at radius 2 is 2.23 bits per heavy atom. The lowest BCUT2D eigenvalue weighted by atomic mass is 10.0. The van der Waals surface area contributed by atoms with Gasteiger partial charge in [0.05, 0.1) is 12.7 Å². The Morgan fingerprint density at radius 1 is 1.46 bits per heavy atom. The second-order valence-corrected chi connectivity index (χ2v) is 3.10. The van der Waals surface area contributed by atoms with E-state index >= 15 is 0 Å². The van der Waals surface area contributed by atoms with E-state index < -0.39 is 0 Å². The van der Waals surface area contributed by atoms with Crippen LogP contribution in [0.2, 0.25) is 0 Å². The highest BCUT2D eigenvalue weighted by Gasteiger charge is 2.04. The summed E-state index contributed by atoms with van der Waals surface area (Å²) in [6.45, 7) is 2.57. The van der Waals surface area contributed by atoms with Crippen LogP contribution in [0.1, 0.15) is 30.6 Å². The largest absolute Gasteiger partial charge is 0.388 e. The number of rotatable bonds is 4. The van der Waals surface area contributed by atoms with Crippen molar-refractivity contribution in [1.82, 2.24) is 0 Å². The van der Waals surface area contributed by atoms with Gasteiger partial charge in [-0.3, -0.25) is 0 Å². The smallest absolute Gasteiger partial charge is 0.0787 e. The first-order valence-corrected chi connectivity index (χ1v) is 4.53. The Bertz CT molecular complexity index is 258. The van der Waals surface area contributed by atoms with Crippen LogP contribution in [0.15, 0.2) is 24.3 Å². The quantitative estimate of drug-likeness (QED) is 0.770. The molecule has 1 unspecified atom stereocenters. The van der Waals surface area contributed by atoms with E-state index in [4.69, 9.17) is 4.74 Å². The number of hydrogen-bond acceptors (Lipinski definition) is 2. The SMILES string of the molecule is CCC(O)c1cccc(COC)c1. The molecule has 0 radical (unpaired) electrons. The molecule has 0 fully saturated rings. The van der Waals surface area contributed by atoms with Gasteiger partial charge in [-0.1, -0.05) is 31.2 Å². The molecule has 0 aliphatic heterocycles. The molecule has 1 aromatic carbocycles. The van der Waals surface area contributed by atoms with E-state index in [1.807, 2.05) is 31.2 Å². The molecule has 0 bridgehead atoms. The Balaban J connectivity index is 2.78. The zero-order valence-electron chi connectivity index (χ0n) is 8.16. The molecule has 0 saturated heterocycles. The van der Waals surface area contributed by atoms with Crippen molar-refractivity contribution in [1.29, 1.82) is 0 Å². The molecule has 0 spiro atoms. The first kappa shape index (κ1) is 10.2. The van der Waals surface area contributed by atoms with Crippen LogP contribution < -0.4 is 0 Å². The summed E-state index contributed by atoms with van der Waals surface area (Å²) in [5.74, 6) is 0. The van der Waals surface area contributed by atoms with Crippen LogP contribution in [-0.4, -0.2) is 12.2 Å². The summed E-state index contributed by atoms with van der Waals surface area (Å²) in [6, 6.07) is 7.86. The van der Waals surface area contributed by atoms with Gasteiger partial charge in [0.15, 0.2) is 0 Å². The second-order valence-electron chi connectivity index (χ2n) is 3.10. The maximum absolute atomic E-state index is 9.58. The van der Waals surface area contributed by atoms with E-state index in [9.17, 15) is 5.11 Å². The Labute approximate surface area is 79.2 Å². The van der Waals surface area contributed by atoms with Crippen LogP contribution in [-0.2, 0) is 11.3 Å². The van der Waals surface area contributed by atoms with Crippen molar-refractivity contribution in [2.75, 3.05) is 7.11 Å². The maximum atomic E-state index is 9.58. The number of aliphatic hydroxyl groups excluding tert-OH is 1. The van der Waals surface area contributed by atoms with Crippen molar-refractivity contribution >= 4 is 0 Å². The average Bonchev–Trinajstić information content (AvgIpc) is 2.18. The molecule has 1 aromatic rings. The maximum Gasteiger partial charge on any atom is 0.0787 e. The number of benzene rings is 1. The van der Waals surface area contributed by atoms with Gasteiger partial charge in [-0.15, -0.1) is 0 Å². The van der Waals surface area contributed by atoms with Gasteiger partial charge >= 0.3 is 0 Å². The van der Waals surface area contributed by atoms with Gasteiger partial charge < -0.3 is 9.84 Å². The molecule has 0 aliphatic carbocycles. The van der Waals surface area contributed by atoms with E-state index in [0.717, 1.165) is 17.5 Å². The Hall–Kier alpha value is -0.860. The lowest BCUT2D eigenvalue weighted by Crippen LogP contribution is -1.96. The van der Waals surface area contributed by atoms with E-state index in [2.05, 4.69) is 0 Å². The molecule has 0 aliphatic rings. The zero-order chi connectivity index (χ0) is 9.68. The van der Waals surface area contributed by atoms with Gasteiger partial charge in [0.1, 0.15) is 0 Å². The standard InChI is InChI=1S/C11H16O2/c1-3-11(12)10-6-4-5-9(7-10)8-13-2/h4-7,11-12H,3,8H2,1-2H3. The third-order valence-electron chi connectivity index (χ3n) is 2.03. The lowest BCUT2D eigenvalue weighted by molar-refractivity contribution is 0.171. The van der Waals surface area contributed by atoms with Gasteiger partial charge in [0.2, 0.25) is 0 Å². The summed E-state index contributed by atoms with van der Waals surface area (Å²) in [5, 5.41) is 9.58. The van der Waals surface area contributed by atoms with Crippen LogP contribution in [0.4, 0.5) is 0 Å². The molecule has 0 saturated carbocycles. The van der Waals surface area contributed by atoms with Crippen molar-refractivity contribution in [2.24, 2.45) is 0 Å². The molecule has 0 aromatic heterocycles. The molecule has 1 rings (SSSR count). The molecule has 2 nitrogen and oxygen atoms in total. The molecular weight excluding hydrogens is 164 g/mol. The third kappa shape index (κ3) is 2.83. The minimum Gasteiger partial charge on any atom is -0.388 e. The molecule has 0 amide bonds. The predicted molar refractivity (Wildman–Crippen MR) is 52.4 cm³/mol. The highest BCUT2D eigenvalue weighted by molar-refractivity contribution is 5.24. The number of ether oxygens (including phenoxy) is 1. The fourth-order valence-electron chi connectivity index (χ4n) is 1.29. The van der Waals surface area contributed by atoms with Gasteiger partial charge in [-0.05, 0) is 17.5 Å². The molecular formula is C11H16O2. The Morgan fingerprint density at radius 3 is 2.85 bits per heavy atom. The summed E-state index contributed by atoms with van der Waals surface area (Å²) in [6.07, 6.45) is 0.396. The average molecular weight is 180 g/mol. The van der Waals surface area contributed by atoms with Crippen LogP contribution in [0.25, 0.3) is 0 Å². The predicted octanol–water partition coefficient (Wildman–Crippen LogP) is 2.28. The molecule has 72 valence electrons. The molecule has 0 heterocycles. The molecule has 13 heavy (non-hydrogen) atoms. The van der Waals surface area contributed by atoms with Crippen molar-refractivity contribution < 1.29 is 9.84 Å². The second kappa shape index (κ2) is 5.00. The van der Waals surface area contributed by atoms with E-state index in [0.29, 0.717) is 6.61 Å². The third-order valence-corrected chi connectivity index (χ3v) is 2.03. The summed E-state index contributed by atoms with van der Waals surface area (Å²) >= 11 is 0. The van der Waals surface area contributed by atoms with Crippen molar-refractivity contribution in [3.05, 3.63) is 35.4 Å². The van der Waals surface area contributed by atoms with Crippen LogP contribution in [0.3, 0.4) is 0 Å². The summed E-state index contributed by atoms with van der Waals surface area (Å²) in [4.78, 5) is 0. The van der Waals surface area contributed by atoms with Crippen molar-refractivity contribution in [2.45, 2.75) is 26.1 Å². The van der Waals surface area contributed by atoms with Crippen molar-refractivity contribution in [3.63, 3.8) is 0 Å². The number of hydrogen-bond donors (Lipinski definition) is 1. The first-order chi connectivity index (χ1) is 6.27. The van der Waals surface area contributed by atoms with Crippen molar-refractivity contribution in [3.8, 4) is 0 Å². The summed E-state index contributed by atoms with van der Waals surface area (Å²) in [7, 11) is 1.67. The minimum atomic E-state index is -0.350. The summed E-state index contributed by atoms with van der Waals surface area (Å²) in [5.41, 5.74) is 2.07. The van der Waals surface area contributed by atoms with Crippen LogP contribution >= 0.6 is 0 Å². The monoisotopic (exact) mass is 180 g/mol. The first-order valence-electron chi connectivity index (χ1n) is 4.53. The van der Waals surface area contributed by atoms with E-state index in [1.165, 1.54) is 0 Å². The van der Waals surface area contributed by atoms with Crippen LogP contribution in [0, 0.1) is 0 Å². The molecule has 2 heteroatoms. The Kier molecular flexibility index (Phi) is 3.93. The minimum absolute atomic E-state index is 0.350. The van der Waals surface area contributed by atoms with Gasteiger partial charge in [0.25, 0.3) is 0 Å². The van der Waals surface area contributed by atoms with E-state index in [1.54, 1.807) is 7.11 Å². The van der Waals surface area contributed by atoms with Gasteiger partial charge in [-0.25, -0.2) is 0 Å². The van der Waals surface area contributed by atoms with Crippen LogP contribution in [0.5, 0.6) is 0 Å². The normalized spacial score (nSPS) is 12.8. The molecule has 1 N–H and O–H groups in total. The lowest BCUT2D eigenvalue weighted by Gasteiger charge is -2.09. The zero-order valence-corrected chi connectivity index (χ0v) is 8.16. The number of methoxy groups -OCH3 is 1. The van der Waals surface area contributed by atoms with E-state index in [-0.39, 0.29) is 6.10 Å². The van der Waals surface area contributed by atoms with Gasteiger partial charge in [0, 0.05) is 7.11 Å². The fraction of sp³-hybridized carbons (Fsp3) is 0.455. The number of aliphatic hydroxyl groups is 1. The topological polar surface area (TPSA) is 29.5 Å². The molecule has 1 atom stereocenters.